The molecule has 0 aliphatic carbocycles. The largest absolute Gasteiger partial charge is 0.457 e. The van der Waals surface area contributed by atoms with Gasteiger partial charge in [-0.3, -0.25) is 0 Å². The van der Waals surface area contributed by atoms with Crippen LogP contribution in [0.1, 0.15) is 11.1 Å². The van der Waals surface area contributed by atoms with Gasteiger partial charge < -0.3 is 9.64 Å². The van der Waals surface area contributed by atoms with E-state index in [2.05, 4.69) is 0 Å². The molecule has 6 heteroatoms. The zero-order valence-corrected chi connectivity index (χ0v) is 15.3. The van der Waals surface area contributed by atoms with Crippen LogP contribution in [-0.4, -0.2) is 20.1 Å². The molecule has 2 aromatic rings. The maximum atomic E-state index is 12.1. The molecule has 0 aliphatic rings. The summed E-state index contributed by atoms with van der Waals surface area (Å²) in [5.74, 6) is -0.690. The number of carbonyl (C=O) groups is 1. The predicted molar refractivity (Wildman–Crippen MR) is 101 cm³/mol. The van der Waals surface area contributed by atoms with E-state index in [9.17, 15) is 10.1 Å². The van der Waals surface area contributed by atoms with Gasteiger partial charge in [0.05, 0.1) is 10.0 Å². The number of nitrogens with zero attached hydrogens (tertiary/aromatic N) is 2. The van der Waals surface area contributed by atoms with Crippen LogP contribution < -0.4 is 4.90 Å². The van der Waals surface area contributed by atoms with Crippen LogP contribution in [-0.2, 0) is 16.1 Å². The van der Waals surface area contributed by atoms with Gasteiger partial charge in [0.2, 0.25) is 0 Å². The molecule has 0 spiro atoms. The second-order valence-corrected chi connectivity index (χ2v) is 6.29. The van der Waals surface area contributed by atoms with Crippen molar-refractivity contribution < 1.29 is 9.53 Å². The molecule has 0 bridgehead atoms. The van der Waals surface area contributed by atoms with E-state index in [1.54, 1.807) is 18.2 Å². The van der Waals surface area contributed by atoms with E-state index in [-0.39, 0.29) is 12.2 Å². The molecule has 0 N–H and O–H groups in total. The second-order valence-electron chi connectivity index (χ2n) is 5.48. The lowest BCUT2D eigenvalue weighted by Gasteiger charge is -2.11. The van der Waals surface area contributed by atoms with Crippen molar-refractivity contribution >= 4 is 40.9 Å². The maximum Gasteiger partial charge on any atom is 0.349 e. The van der Waals surface area contributed by atoms with E-state index < -0.39 is 5.97 Å². The van der Waals surface area contributed by atoms with E-state index in [1.165, 1.54) is 6.08 Å². The fourth-order valence-corrected chi connectivity index (χ4v) is 2.35. The summed E-state index contributed by atoms with van der Waals surface area (Å²) < 4.78 is 5.17. The van der Waals surface area contributed by atoms with Crippen molar-refractivity contribution in [2.24, 2.45) is 0 Å². The van der Waals surface area contributed by atoms with Crippen LogP contribution in [0.2, 0.25) is 10.0 Å². The Kier molecular flexibility index (Phi) is 6.46. The molecule has 0 heterocycles. The number of rotatable bonds is 5. The Labute approximate surface area is 156 Å². The van der Waals surface area contributed by atoms with Gasteiger partial charge in [0.25, 0.3) is 0 Å². The van der Waals surface area contributed by atoms with Gasteiger partial charge in [-0.25, -0.2) is 4.79 Å². The van der Waals surface area contributed by atoms with Crippen LogP contribution >= 0.6 is 23.2 Å². The summed E-state index contributed by atoms with van der Waals surface area (Å²) in [7, 11) is 3.87. The number of hydrogen-bond donors (Lipinski definition) is 0. The molecule has 0 saturated carbocycles. The zero-order valence-electron chi connectivity index (χ0n) is 13.8. The molecule has 0 amide bonds. The number of halogens is 2. The van der Waals surface area contributed by atoms with Crippen LogP contribution in [0.4, 0.5) is 5.69 Å². The van der Waals surface area contributed by atoms with Crippen LogP contribution in [0.15, 0.2) is 48.0 Å². The van der Waals surface area contributed by atoms with Crippen molar-refractivity contribution in [3.05, 3.63) is 69.2 Å². The molecule has 0 unspecified atom stereocenters. The minimum atomic E-state index is -0.690. The Hall–Kier alpha value is -2.48. The highest BCUT2D eigenvalue weighted by Crippen LogP contribution is 2.23. The monoisotopic (exact) mass is 374 g/mol. The quantitative estimate of drug-likeness (QED) is 0.432. The highest BCUT2D eigenvalue weighted by Gasteiger charge is 2.11. The Bertz CT molecular complexity index is 837. The van der Waals surface area contributed by atoms with Gasteiger partial charge in [-0.05, 0) is 41.5 Å². The first-order chi connectivity index (χ1) is 11.9. The Morgan fingerprint density at radius 3 is 2.40 bits per heavy atom. The number of carbonyl (C=O) groups excluding carboxylic acids is 1. The fraction of sp³-hybridized carbons (Fsp3) is 0.158. The second kappa shape index (κ2) is 8.57. The predicted octanol–water partition coefficient (Wildman–Crippen LogP) is 4.71. The normalized spacial score (nSPS) is 10.9. The van der Waals surface area contributed by atoms with Crippen LogP contribution in [0, 0.1) is 11.3 Å². The summed E-state index contributed by atoms with van der Waals surface area (Å²) in [6, 6.07) is 14.3. The summed E-state index contributed by atoms with van der Waals surface area (Å²) in [6.45, 7) is 0.00824. The first-order valence-corrected chi connectivity index (χ1v) is 8.16. The molecule has 2 aromatic carbocycles. The Morgan fingerprint density at radius 2 is 1.84 bits per heavy atom. The molecular weight excluding hydrogens is 359 g/mol. The SMILES string of the molecule is CN(C)c1ccc(C=C(C#N)C(=O)OCc2ccc(Cl)c(Cl)c2)cc1. The fourth-order valence-electron chi connectivity index (χ4n) is 2.03. The molecule has 2 rings (SSSR count). The lowest BCUT2D eigenvalue weighted by atomic mass is 10.1. The highest BCUT2D eigenvalue weighted by atomic mass is 35.5. The van der Waals surface area contributed by atoms with Crippen LogP contribution in [0.25, 0.3) is 6.08 Å². The van der Waals surface area contributed by atoms with Crippen LogP contribution in [0.3, 0.4) is 0 Å². The smallest absolute Gasteiger partial charge is 0.349 e. The van der Waals surface area contributed by atoms with Gasteiger partial charge in [0.1, 0.15) is 18.2 Å². The third kappa shape index (κ3) is 5.25. The molecule has 0 atom stereocenters. The van der Waals surface area contributed by atoms with Gasteiger partial charge in [0, 0.05) is 19.8 Å². The zero-order chi connectivity index (χ0) is 18.4. The molecule has 25 heavy (non-hydrogen) atoms. The van der Waals surface area contributed by atoms with Crippen molar-refractivity contribution in [3.8, 4) is 6.07 Å². The average molecular weight is 375 g/mol. The summed E-state index contributed by atoms with van der Waals surface area (Å²) in [4.78, 5) is 14.1. The maximum absolute atomic E-state index is 12.1. The topological polar surface area (TPSA) is 53.3 Å². The number of anilines is 1. The van der Waals surface area contributed by atoms with E-state index in [4.69, 9.17) is 27.9 Å². The first-order valence-electron chi connectivity index (χ1n) is 7.41. The lowest BCUT2D eigenvalue weighted by molar-refractivity contribution is -0.139. The number of ether oxygens (including phenoxy) is 1. The van der Waals surface area contributed by atoms with E-state index >= 15 is 0 Å². The van der Waals surface area contributed by atoms with Crippen molar-refractivity contribution in [3.63, 3.8) is 0 Å². The molecule has 0 aromatic heterocycles. The van der Waals surface area contributed by atoms with Gasteiger partial charge in [-0.1, -0.05) is 41.4 Å². The summed E-state index contributed by atoms with van der Waals surface area (Å²) in [5.41, 5.74) is 2.39. The van der Waals surface area contributed by atoms with Crippen LogP contribution in [0.5, 0.6) is 0 Å². The third-order valence-electron chi connectivity index (χ3n) is 3.41. The van der Waals surface area contributed by atoms with Crippen molar-refractivity contribution in [1.82, 2.24) is 0 Å². The summed E-state index contributed by atoms with van der Waals surface area (Å²) in [5, 5.41) is 10.0. The molecular formula is C19H16Cl2N2O2. The van der Waals surface area contributed by atoms with E-state index in [0.29, 0.717) is 15.6 Å². The Balaban J connectivity index is 2.07. The number of benzene rings is 2. The van der Waals surface area contributed by atoms with Crippen molar-refractivity contribution in [2.45, 2.75) is 6.61 Å². The summed E-state index contributed by atoms with van der Waals surface area (Å²) >= 11 is 11.8. The van der Waals surface area contributed by atoms with E-state index in [0.717, 1.165) is 11.3 Å². The van der Waals surface area contributed by atoms with Gasteiger partial charge in [-0.15, -0.1) is 0 Å². The lowest BCUT2D eigenvalue weighted by Crippen LogP contribution is -2.08. The minimum Gasteiger partial charge on any atom is -0.457 e. The minimum absolute atomic E-state index is 0.00824. The third-order valence-corrected chi connectivity index (χ3v) is 4.15. The Morgan fingerprint density at radius 1 is 1.16 bits per heavy atom. The molecule has 0 saturated heterocycles. The average Bonchev–Trinajstić information content (AvgIpc) is 2.60. The number of nitriles is 1. The highest BCUT2D eigenvalue weighted by molar-refractivity contribution is 6.42. The molecule has 0 aliphatic heterocycles. The summed E-state index contributed by atoms with van der Waals surface area (Å²) in [6.07, 6.45) is 1.50. The molecule has 128 valence electrons. The molecule has 0 fully saturated rings. The number of esters is 1. The number of hydrogen-bond acceptors (Lipinski definition) is 4. The van der Waals surface area contributed by atoms with E-state index in [1.807, 2.05) is 49.3 Å². The molecule has 4 nitrogen and oxygen atoms in total. The van der Waals surface area contributed by atoms with Gasteiger partial charge in [0.15, 0.2) is 0 Å². The standard InChI is InChI=1S/C19H16Cl2N2O2/c1-23(2)16-6-3-13(4-7-16)9-15(11-22)19(24)25-12-14-5-8-17(20)18(21)10-14/h3-10H,12H2,1-2H3. The first kappa shape index (κ1) is 18.9. The molecule has 0 radical (unpaired) electrons. The van der Waals surface area contributed by atoms with Crippen molar-refractivity contribution in [1.29, 1.82) is 5.26 Å². The van der Waals surface area contributed by atoms with Gasteiger partial charge >= 0.3 is 5.97 Å². The van der Waals surface area contributed by atoms with Gasteiger partial charge in [-0.2, -0.15) is 5.26 Å². The van der Waals surface area contributed by atoms with Crippen molar-refractivity contribution in [2.75, 3.05) is 19.0 Å².